The van der Waals surface area contributed by atoms with Crippen LogP contribution in [0.5, 0.6) is 0 Å². The summed E-state index contributed by atoms with van der Waals surface area (Å²) in [6.07, 6.45) is 4.80. The number of carbonyl (C=O) groups excluding carboxylic acids is 1. The molecule has 2 atom stereocenters. The molecule has 1 aliphatic rings. The predicted molar refractivity (Wildman–Crippen MR) is 82.3 cm³/mol. The molecule has 0 spiro atoms. The Morgan fingerprint density at radius 1 is 1.29 bits per heavy atom. The number of rotatable bonds is 10. The second-order valence-electron chi connectivity index (χ2n) is 6.18. The van der Waals surface area contributed by atoms with Crippen LogP contribution in [0.3, 0.4) is 0 Å². The van der Waals surface area contributed by atoms with Crippen LogP contribution >= 0.6 is 0 Å². The molecular weight excluding hydrogens is 270 g/mol. The minimum atomic E-state index is -0.756. The number of amides is 2. The van der Waals surface area contributed by atoms with E-state index in [1.165, 1.54) is 12.8 Å². The largest absolute Gasteiger partial charge is 0.481 e. The normalized spacial score (nSPS) is 17.3. The van der Waals surface area contributed by atoms with Gasteiger partial charge in [0.05, 0.1) is 5.92 Å². The number of hydrogen-bond acceptors (Lipinski definition) is 3. The van der Waals surface area contributed by atoms with E-state index >= 15 is 0 Å². The number of carboxylic acid groups (broad SMARTS) is 1. The number of carbonyl (C=O) groups is 2. The Morgan fingerprint density at radius 3 is 2.52 bits per heavy atom. The number of aliphatic carboxylic acids is 1. The van der Waals surface area contributed by atoms with Gasteiger partial charge in [-0.3, -0.25) is 4.79 Å². The highest BCUT2D eigenvalue weighted by Crippen LogP contribution is 2.24. The Bertz CT molecular complexity index is 345. The van der Waals surface area contributed by atoms with Crippen molar-refractivity contribution in [2.45, 2.75) is 58.0 Å². The smallest absolute Gasteiger partial charge is 0.315 e. The Labute approximate surface area is 127 Å². The molecule has 3 N–H and O–H groups in total. The van der Waals surface area contributed by atoms with Crippen molar-refractivity contribution in [2.75, 3.05) is 20.1 Å². The molecule has 1 aliphatic carbocycles. The van der Waals surface area contributed by atoms with Gasteiger partial charge in [0.25, 0.3) is 0 Å². The first-order valence-corrected chi connectivity index (χ1v) is 7.87. The molecule has 21 heavy (non-hydrogen) atoms. The lowest BCUT2D eigenvalue weighted by Gasteiger charge is -2.18. The highest BCUT2D eigenvalue weighted by molar-refractivity contribution is 5.74. The van der Waals surface area contributed by atoms with Crippen molar-refractivity contribution in [1.29, 1.82) is 0 Å². The Morgan fingerprint density at radius 2 is 1.95 bits per heavy atom. The standard InChI is InChI=1S/C15H29N3O3/c1-11(14(19)20)5-4-6-12(2)17-15(21)16-9-10-18(3)13-7-8-13/h11-13H,4-10H2,1-3H3,(H,19,20)(H2,16,17,21). The summed E-state index contributed by atoms with van der Waals surface area (Å²) < 4.78 is 0. The van der Waals surface area contributed by atoms with E-state index in [2.05, 4.69) is 22.6 Å². The van der Waals surface area contributed by atoms with E-state index in [1.807, 2.05) is 6.92 Å². The molecule has 0 aromatic heterocycles. The van der Waals surface area contributed by atoms with Gasteiger partial charge in [0.1, 0.15) is 0 Å². The molecule has 1 rings (SSSR count). The quantitative estimate of drug-likeness (QED) is 0.573. The second kappa shape index (κ2) is 8.87. The maximum Gasteiger partial charge on any atom is 0.315 e. The van der Waals surface area contributed by atoms with Gasteiger partial charge in [0.15, 0.2) is 0 Å². The van der Waals surface area contributed by atoms with E-state index in [-0.39, 0.29) is 18.0 Å². The van der Waals surface area contributed by atoms with Crippen LogP contribution in [-0.4, -0.2) is 54.2 Å². The van der Waals surface area contributed by atoms with Crippen molar-refractivity contribution >= 4 is 12.0 Å². The van der Waals surface area contributed by atoms with Crippen molar-refractivity contribution in [1.82, 2.24) is 15.5 Å². The third kappa shape index (κ3) is 7.90. The zero-order valence-electron chi connectivity index (χ0n) is 13.4. The summed E-state index contributed by atoms with van der Waals surface area (Å²) in [6, 6.07) is 0.634. The zero-order valence-corrected chi connectivity index (χ0v) is 13.4. The van der Waals surface area contributed by atoms with Crippen molar-refractivity contribution in [2.24, 2.45) is 5.92 Å². The summed E-state index contributed by atoms with van der Waals surface area (Å²) in [4.78, 5) is 24.7. The van der Waals surface area contributed by atoms with Crippen LogP contribution in [0.4, 0.5) is 4.79 Å². The van der Waals surface area contributed by atoms with Crippen molar-refractivity contribution in [3.8, 4) is 0 Å². The van der Waals surface area contributed by atoms with E-state index in [4.69, 9.17) is 5.11 Å². The van der Waals surface area contributed by atoms with Crippen LogP contribution in [-0.2, 0) is 4.79 Å². The monoisotopic (exact) mass is 299 g/mol. The molecule has 1 fully saturated rings. The first kappa shape index (κ1) is 17.8. The van der Waals surface area contributed by atoms with E-state index in [0.717, 1.165) is 19.4 Å². The first-order valence-electron chi connectivity index (χ1n) is 7.87. The number of urea groups is 1. The number of nitrogens with one attached hydrogen (secondary N) is 2. The van der Waals surface area contributed by atoms with Crippen LogP contribution in [0.1, 0.15) is 46.0 Å². The SMILES string of the molecule is CC(CCCC(C)C(=O)O)NC(=O)NCCN(C)C1CC1. The maximum atomic E-state index is 11.7. The third-order valence-electron chi connectivity index (χ3n) is 3.99. The first-order chi connectivity index (χ1) is 9.90. The van der Waals surface area contributed by atoms with Gasteiger partial charge in [0, 0.05) is 25.2 Å². The van der Waals surface area contributed by atoms with Gasteiger partial charge in [-0.15, -0.1) is 0 Å². The highest BCUT2D eigenvalue weighted by Gasteiger charge is 2.25. The molecule has 0 heterocycles. The van der Waals surface area contributed by atoms with Gasteiger partial charge >= 0.3 is 12.0 Å². The van der Waals surface area contributed by atoms with Crippen LogP contribution in [0.2, 0.25) is 0 Å². The molecule has 0 radical (unpaired) electrons. The average Bonchev–Trinajstić information content (AvgIpc) is 3.22. The Balaban J connectivity index is 2.02. The Hall–Kier alpha value is -1.30. The summed E-state index contributed by atoms with van der Waals surface area (Å²) in [5.74, 6) is -1.07. The minimum absolute atomic E-state index is 0.0622. The van der Waals surface area contributed by atoms with Crippen molar-refractivity contribution in [3.63, 3.8) is 0 Å². The van der Waals surface area contributed by atoms with Crippen molar-refractivity contribution in [3.05, 3.63) is 0 Å². The summed E-state index contributed by atoms with van der Waals surface area (Å²) >= 11 is 0. The fraction of sp³-hybridized carbons (Fsp3) is 0.867. The third-order valence-corrected chi connectivity index (χ3v) is 3.99. The van der Waals surface area contributed by atoms with Crippen molar-refractivity contribution < 1.29 is 14.7 Å². The number of carboxylic acids is 1. The van der Waals surface area contributed by atoms with Gasteiger partial charge in [-0.05, 0) is 39.7 Å². The molecule has 6 heteroatoms. The van der Waals surface area contributed by atoms with E-state index in [0.29, 0.717) is 19.0 Å². The fourth-order valence-corrected chi connectivity index (χ4v) is 2.24. The predicted octanol–water partition coefficient (Wildman–Crippen LogP) is 1.66. The lowest BCUT2D eigenvalue weighted by molar-refractivity contribution is -0.141. The van der Waals surface area contributed by atoms with Crippen LogP contribution in [0, 0.1) is 5.92 Å². The molecule has 0 aromatic rings. The number of nitrogens with zero attached hydrogens (tertiary/aromatic N) is 1. The van der Waals surface area contributed by atoms with Gasteiger partial charge in [-0.25, -0.2) is 4.79 Å². The van der Waals surface area contributed by atoms with E-state index in [1.54, 1.807) is 6.92 Å². The van der Waals surface area contributed by atoms with E-state index < -0.39 is 5.97 Å². The number of likely N-dealkylation sites (N-methyl/N-ethyl adjacent to an activating group) is 1. The molecule has 122 valence electrons. The molecule has 0 aromatic carbocycles. The van der Waals surface area contributed by atoms with Crippen LogP contribution in [0.15, 0.2) is 0 Å². The van der Waals surface area contributed by atoms with Gasteiger partial charge in [0.2, 0.25) is 0 Å². The molecule has 2 unspecified atom stereocenters. The summed E-state index contributed by atoms with van der Waals surface area (Å²) in [5.41, 5.74) is 0. The van der Waals surface area contributed by atoms with Gasteiger partial charge in [-0.1, -0.05) is 13.3 Å². The molecule has 0 bridgehead atoms. The van der Waals surface area contributed by atoms with Gasteiger partial charge < -0.3 is 20.6 Å². The average molecular weight is 299 g/mol. The molecule has 2 amide bonds. The molecule has 6 nitrogen and oxygen atoms in total. The van der Waals surface area contributed by atoms with Crippen LogP contribution < -0.4 is 10.6 Å². The van der Waals surface area contributed by atoms with Gasteiger partial charge in [-0.2, -0.15) is 0 Å². The molecular formula is C15H29N3O3. The number of hydrogen-bond donors (Lipinski definition) is 3. The minimum Gasteiger partial charge on any atom is -0.481 e. The second-order valence-corrected chi connectivity index (χ2v) is 6.18. The lowest BCUT2D eigenvalue weighted by Crippen LogP contribution is -2.43. The van der Waals surface area contributed by atoms with Crippen LogP contribution in [0.25, 0.3) is 0 Å². The molecule has 0 aliphatic heterocycles. The topological polar surface area (TPSA) is 81.7 Å². The summed E-state index contributed by atoms with van der Waals surface area (Å²) in [6.45, 7) is 5.19. The molecule has 0 saturated heterocycles. The Kier molecular flexibility index (Phi) is 7.50. The highest BCUT2D eigenvalue weighted by atomic mass is 16.4. The zero-order chi connectivity index (χ0) is 15.8. The lowest BCUT2D eigenvalue weighted by atomic mass is 10.0. The molecule has 1 saturated carbocycles. The summed E-state index contributed by atoms with van der Waals surface area (Å²) in [7, 11) is 2.09. The maximum absolute atomic E-state index is 11.7. The summed E-state index contributed by atoms with van der Waals surface area (Å²) in [5, 5.41) is 14.5. The van der Waals surface area contributed by atoms with E-state index in [9.17, 15) is 9.59 Å². The fourth-order valence-electron chi connectivity index (χ4n) is 2.24.